The van der Waals surface area contributed by atoms with Crippen molar-refractivity contribution >= 4 is 5.91 Å². The zero-order valence-electron chi connectivity index (χ0n) is 9.63. The summed E-state index contributed by atoms with van der Waals surface area (Å²) in [7, 11) is 1.79. The molecule has 2 heterocycles. The Morgan fingerprint density at radius 3 is 2.35 bits per heavy atom. The predicted molar refractivity (Wildman–Crippen MR) is 63.2 cm³/mol. The first kappa shape index (κ1) is 10.1. The van der Waals surface area contributed by atoms with E-state index in [1.165, 1.54) is 11.1 Å². The van der Waals surface area contributed by atoms with Gasteiger partial charge >= 0.3 is 0 Å². The van der Waals surface area contributed by atoms with E-state index in [0.717, 1.165) is 0 Å². The van der Waals surface area contributed by atoms with Crippen LogP contribution in [0.15, 0.2) is 36.5 Å². The van der Waals surface area contributed by atoms with Gasteiger partial charge in [-0.05, 0) is 17.2 Å². The molecule has 0 radical (unpaired) electrons. The molecule has 0 bridgehead atoms. The molecule has 0 atom stereocenters. The third-order valence-electron chi connectivity index (χ3n) is 3.17. The molecule has 1 aliphatic rings. The van der Waals surface area contributed by atoms with E-state index in [9.17, 15) is 4.79 Å². The predicted octanol–water partition coefficient (Wildman–Crippen LogP) is 1.58. The summed E-state index contributed by atoms with van der Waals surface area (Å²) < 4.78 is 1.62. The second-order valence-electron chi connectivity index (χ2n) is 4.27. The third kappa shape index (κ3) is 1.62. The van der Waals surface area contributed by atoms with Crippen molar-refractivity contribution < 1.29 is 4.79 Å². The maximum absolute atomic E-state index is 12.3. The molecule has 0 aliphatic carbocycles. The molecule has 0 saturated carbocycles. The van der Waals surface area contributed by atoms with Gasteiger partial charge in [0.1, 0.15) is 5.69 Å². The Bertz CT molecular complexity index is 549. The van der Waals surface area contributed by atoms with Gasteiger partial charge in [0, 0.05) is 26.3 Å². The van der Waals surface area contributed by atoms with Crippen LogP contribution < -0.4 is 0 Å². The molecular formula is C13H13N3O. The van der Waals surface area contributed by atoms with E-state index >= 15 is 0 Å². The Morgan fingerprint density at radius 2 is 1.82 bits per heavy atom. The summed E-state index contributed by atoms with van der Waals surface area (Å²) in [5.41, 5.74) is 3.11. The van der Waals surface area contributed by atoms with E-state index < -0.39 is 0 Å². The quantitative estimate of drug-likeness (QED) is 0.741. The molecule has 1 aromatic heterocycles. The van der Waals surface area contributed by atoms with Crippen molar-refractivity contribution in [3.63, 3.8) is 0 Å². The van der Waals surface area contributed by atoms with Crippen molar-refractivity contribution in [2.24, 2.45) is 7.05 Å². The van der Waals surface area contributed by atoms with Gasteiger partial charge in [0.05, 0.1) is 0 Å². The lowest BCUT2D eigenvalue weighted by atomic mass is 10.1. The fraction of sp³-hybridized carbons (Fsp3) is 0.231. The Kier molecular flexibility index (Phi) is 2.21. The Morgan fingerprint density at radius 1 is 1.18 bits per heavy atom. The average Bonchev–Trinajstić information content (AvgIpc) is 2.93. The molecule has 0 unspecified atom stereocenters. The van der Waals surface area contributed by atoms with Crippen LogP contribution in [0.25, 0.3) is 0 Å². The number of nitrogens with zero attached hydrogens (tertiary/aromatic N) is 3. The van der Waals surface area contributed by atoms with E-state index in [2.05, 4.69) is 17.2 Å². The number of benzene rings is 1. The average molecular weight is 227 g/mol. The SMILES string of the molecule is Cn1nccc1C(=O)N1Cc2ccccc2C1. The van der Waals surface area contributed by atoms with E-state index in [0.29, 0.717) is 18.8 Å². The molecule has 1 aliphatic heterocycles. The lowest BCUT2D eigenvalue weighted by Gasteiger charge is -2.15. The molecule has 4 nitrogen and oxygen atoms in total. The van der Waals surface area contributed by atoms with E-state index in [1.54, 1.807) is 24.0 Å². The molecule has 0 N–H and O–H groups in total. The molecule has 1 amide bonds. The van der Waals surface area contributed by atoms with Crippen molar-refractivity contribution in [1.82, 2.24) is 14.7 Å². The van der Waals surface area contributed by atoms with Gasteiger partial charge in [-0.2, -0.15) is 5.10 Å². The third-order valence-corrected chi connectivity index (χ3v) is 3.17. The first-order valence-corrected chi connectivity index (χ1v) is 5.60. The number of fused-ring (bicyclic) bond motifs is 1. The Labute approximate surface area is 99.5 Å². The largest absolute Gasteiger partial charge is 0.329 e. The summed E-state index contributed by atoms with van der Waals surface area (Å²) in [6, 6.07) is 9.93. The fourth-order valence-electron chi connectivity index (χ4n) is 2.22. The number of carbonyl (C=O) groups is 1. The second kappa shape index (κ2) is 3.73. The fourth-order valence-corrected chi connectivity index (χ4v) is 2.22. The van der Waals surface area contributed by atoms with Crippen molar-refractivity contribution in [3.05, 3.63) is 53.3 Å². The van der Waals surface area contributed by atoms with Crippen molar-refractivity contribution in [3.8, 4) is 0 Å². The number of aromatic nitrogens is 2. The van der Waals surface area contributed by atoms with Gasteiger partial charge in [0.25, 0.3) is 5.91 Å². The number of carbonyl (C=O) groups excluding carboxylic acids is 1. The Hall–Kier alpha value is -2.10. The molecule has 17 heavy (non-hydrogen) atoms. The summed E-state index contributed by atoms with van der Waals surface area (Å²) in [5.74, 6) is 0.0428. The highest BCUT2D eigenvalue weighted by Gasteiger charge is 2.25. The van der Waals surface area contributed by atoms with Crippen LogP contribution in [0.1, 0.15) is 21.6 Å². The maximum atomic E-state index is 12.3. The van der Waals surface area contributed by atoms with Crippen molar-refractivity contribution in [2.45, 2.75) is 13.1 Å². The van der Waals surface area contributed by atoms with Crippen LogP contribution in [-0.4, -0.2) is 20.6 Å². The summed E-state index contributed by atoms with van der Waals surface area (Å²) in [6.07, 6.45) is 1.65. The lowest BCUT2D eigenvalue weighted by molar-refractivity contribution is 0.0740. The second-order valence-corrected chi connectivity index (χ2v) is 4.27. The molecule has 0 spiro atoms. The molecule has 86 valence electrons. The first-order valence-electron chi connectivity index (χ1n) is 5.60. The highest BCUT2D eigenvalue weighted by Crippen LogP contribution is 2.23. The van der Waals surface area contributed by atoms with Gasteiger partial charge in [-0.1, -0.05) is 24.3 Å². The van der Waals surface area contributed by atoms with Crippen LogP contribution in [-0.2, 0) is 20.1 Å². The van der Waals surface area contributed by atoms with Gasteiger partial charge in [-0.15, -0.1) is 0 Å². The number of hydrogen-bond acceptors (Lipinski definition) is 2. The van der Waals surface area contributed by atoms with E-state index in [1.807, 2.05) is 17.0 Å². The van der Waals surface area contributed by atoms with Gasteiger partial charge in [-0.3, -0.25) is 9.48 Å². The maximum Gasteiger partial charge on any atom is 0.272 e. The molecule has 3 rings (SSSR count). The molecule has 1 aromatic carbocycles. The smallest absolute Gasteiger partial charge is 0.272 e. The number of rotatable bonds is 1. The number of aryl methyl sites for hydroxylation is 1. The molecule has 0 saturated heterocycles. The van der Waals surface area contributed by atoms with Crippen LogP contribution in [0.5, 0.6) is 0 Å². The van der Waals surface area contributed by atoms with Gasteiger partial charge in [-0.25, -0.2) is 0 Å². The number of hydrogen-bond donors (Lipinski definition) is 0. The molecule has 0 fully saturated rings. The van der Waals surface area contributed by atoms with E-state index in [4.69, 9.17) is 0 Å². The minimum Gasteiger partial charge on any atom is -0.329 e. The van der Waals surface area contributed by atoms with Crippen LogP contribution in [0.4, 0.5) is 0 Å². The van der Waals surface area contributed by atoms with Crippen LogP contribution in [0.3, 0.4) is 0 Å². The van der Waals surface area contributed by atoms with Crippen molar-refractivity contribution in [1.29, 1.82) is 0 Å². The lowest BCUT2D eigenvalue weighted by Crippen LogP contribution is -2.27. The highest BCUT2D eigenvalue weighted by atomic mass is 16.2. The van der Waals surface area contributed by atoms with Gasteiger partial charge < -0.3 is 4.90 Å². The standard InChI is InChI=1S/C13H13N3O/c1-15-12(6-7-14-15)13(17)16-8-10-4-2-3-5-11(10)9-16/h2-7H,8-9H2,1H3. The van der Waals surface area contributed by atoms with Crippen LogP contribution in [0, 0.1) is 0 Å². The summed E-state index contributed by atoms with van der Waals surface area (Å²) in [6.45, 7) is 1.39. The highest BCUT2D eigenvalue weighted by molar-refractivity contribution is 5.92. The topological polar surface area (TPSA) is 38.1 Å². The summed E-state index contributed by atoms with van der Waals surface area (Å²) in [4.78, 5) is 14.1. The van der Waals surface area contributed by atoms with E-state index in [-0.39, 0.29) is 5.91 Å². The Balaban J connectivity index is 1.86. The van der Waals surface area contributed by atoms with Crippen LogP contribution in [0.2, 0.25) is 0 Å². The van der Waals surface area contributed by atoms with Gasteiger partial charge in [0.2, 0.25) is 0 Å². The molecule has 4 heteroatoms. The zero-order chi connectivity index (χ0) is 11.8. The normalized spacial score (nSPS) is 13.8. The van der Waals surface area contributed by atoms with Crippen molar-refractivity contribution in [2.75, 3.05) is 0 Å². The number of amides is 1. The molecular weight excluding hydrogens is 214 g/mol. The zero-order valence-corrected chi connectivity index (χ0v) is 9.63. The summed E-state index contributed by atoms with van der Waals surface area (Å²) >= 11 is 0. The van der Waals surface area contributed by atoms with Crippen LogP contribution >= 0.6 is 0 Å². The van der Waals surface area contributed by atoms with Gasteiger partial charge in [0.15, 0.2) is 0 Å². The molecule has 2 aromatic rings. The minimum atomic E-state index is 0.0428. The summed E-state index contributed by atoms with van der Waals surface area (Å²) in [5, 5.41) is 4.03. The minimum absolute atomic E-state index is 0.0428. The monoisotopic (exact) mass is 227 g/mol. The first-order chi connectivity index (χ1) is 8.25.